The summed E-state index contributed by atoms with van der Waals surface area (Å²) in [4.78, 5) is 40.9. The molecule has 2 amide bonds. The zero-order chi connectivity index (χ0) is 23.4. The molecule has 3 aliphatic rings. The van der Waals surface area contributed by atoms with Gasteiger partial charge in [-0.2, -0.15) is 0 Å². The summed E-state index contributed by atoms with van der Waals surface area (Å²) in [5, 5.41) is 2.63. The normalized spacial score (nSPS) is 23.6. The molecule has 33 heavy (non-hydrogen) atoms. The fourth-order valence-electron chi connectivity index (χ4n) is 5.03. The molecule has 0 saturated carbocycles. The number of nitrogens with zero attached hydrogens (tertiary/aromatic N) is 1. The Morgan fingerprint density at radius 1 is 1.30 bits per heavy atom. The molecular formula is C25H28N2O6. The van der Waals surface area contributed by atoms with Crippen LogP contribution in [0.1, 0.15) is 44.1 Å². The molecule has 1 aromatic carbocycles. The first-order chi connectivity index (χ1) is 16.0. The van der Waals surface area contributed by atoms with E-state index in [0.717, 1.165) is 24.8 Å². The van der Waals surface area contributed by atoms with Gasteiger partial charge in [-0.15, -0.1) is 6.42 Å². The summed E-state index contributed by atoms with van der Waals surface area (Å²) in [6.45, 7) is 0.503. The average Bonchev–Trinajstić information content (AvgIpc) is 3.18. The Balaban J connectivity index is 1.70. The van der Waals surface area contributed by atoms with Crippen LogP contribution in [0, 0.1) is 23.7 Å². The summed E-state index contributed by atoms with van der Waals surface area (Å²) in [6.07, 6.45) is 10.5. The lowest BCUT2D eigenvalue weighted by molar-refractivity contribution is -0.160. The maximum Gasteiger partial charge on any atom is 0.317 e. The zero-order valence-electron chi connectivity index (χ0n) is 18.7. The number of esters is 1. The second-order valence-electron chi connectivity index (χ2n) is 8.61. The Hall–Kier alpha value is -3.47. The third-order valence-corrected chi connectivity index (χ3v) is 6.56. The number of rotatable bonds is 6. The van der Waals surface area contributed by atoms with Gasteiger partial charge in [0.1, 0.15) is 5.41 Å². The van der Waals surface area contributed by atoms with Crippen LogP contribution in [0.25, 0.3) is 0 Å². The summed E-state index contributed by atoms with van der Waals surface area (Å²) in [6, 6.07) is 5.53. The number of piperidine rings is 1. The van der Waals surface area contributed by atoms with Gasteiger partial charge in [0, 0.05) is 18.0 Å². The lowest BCUT2D eigenvalue weighted by Gasteiger charge is -2.46. The van der Waals surface area contributed by atoms with Crippen molar-refractivity contribution in [2.75, 3.05) is 20.4 Å². The number of nitrogens with one attached hydrogen (secondary N) is 1. The third-order valence-electron chi connectivity index (χ3n) is 6.56. The number of fused-ring (bicyclic) bond motifs is 2. The number of allylic oxidation sites excluding steroid dienone is 1. The van der Waals surface area contributed by atoms with Crippen LogP contribution in [0.2, 0.25) is 0 Å². The average molecular weight is 453 g/mol. The number of carbonyl (C=O) groups is 3. The minimum Gasteiger partial charge on any atom is -0.468 e. The molecule has 0 radical (unpaired) electrons. The largest absolute Gasteiger partial charge is 0.468 e. The van der Waals surface area contributed by atoms with Crippen molar-refractivity contribution in [3.63, 3.8) is 0 Å². The van der Waals surface area contributed by atoms with Gasteiger partial charge in [-0.1, -0.05) is 24.5 Å². The molecule has 1 saturated heterocycles. The van der Waals surface area contributed by atoms with Gasteiger partial charge < -0.3 is 24.4 Å². The molecule has 0 bridgehead atoms. The minimum atomic E-state index is -0.966. The quantitative estimate of drug-likeness (QED) is 0.527. The standard InChI is InChI=1S/C25H28N2O6/c1-3-11-26-22(28)13-18-14-25(24(30)31-2)10-6-4-5-7-21(25)27(23(18)29)15-17-8-9-19-20(12-17)33-16-32-19/h1,7-9,12,18H,4-6,10-11,13-16H2,2H3,(H,26,28)/t18-,25+/m1/s1. The minimum absolute atomic E-state index is 0.0375. The molecule has 0 unspecified atom stereocenters. The first-order valence-electron chi connectivity index (χ1n) is 11.2. The number of ether oxygens (including phenoxy) is 3. The van der Waals surface area contributed by atoms with Gasteiger partial charge in [0.05, 0.1) is 20.2 Å². The van der Waals surface area contributed by atoms with Crippen molar-refractivity contribution in [2.45, 2.75) is 45.1 Å². The predicted octanol–water partition coefficient (Wildman–Crippen LogP) is 2.52. The van der Waals surface area contributed by atoms with Crippen LogP contribution < -0.4 is 14.8 Å². The maximum atomic E-state index is 13.6. The van der Waals surface area contributed by atoms with Crippen molar-refractivity contribution in [3.8, 4) is 23.8 Å². The molecule has 2 atom stereocenters. The predicted molar refractivity (Wildman–Crippen MR) is 119 cm³/mol. The van der Waals surface area contributed by atoms with E-state index in [9.17, 15) is 14.4 Å². The van der Waals surface area contributed by atoms with Gasteiger partial charge in [0.25, 0.3) is 0 Å². The second-order valence-corrected chi connectivity index (χ2v) is 8.61. The smallest absolute Gasteiger partial charge is 0.317 e. The highest BCUT2D eigenvalue weighted by atomic mass is 16.7. The monoisotopic (exact) mass is 452 g/mol. The van der Waals surface area contributed by atoms with Crippen LogP contribution in [0.5, 0.6) is 11.5 Å². The van der Waals surface area contributed by atoms with Crippen LogP contribution in [-0.2, 0) is 25.7 Å². The lowest BCUT2D eigenvalue weighted by Crippen LogP contribution is -2.53. The highest BCUT2D eigenvalue weighted by Gasteiger charge is 2.53. The summed E-state index contributed by atoms with van der Waals surface area (Å²) < 4.78 is 16.1. The summed E-state index contributed by atoms with van der Waals surface area (Å²) in [5.74, 6) is 2.12. The number of hydrogen-bond donors (Lipinski definition) is 1. The molecule has 2 aliphatic heterocycles. The molecule has 0 spiro atoms. The summed E-state index contributed by atoms with van der Waals surface area (Å²) in [5.41, 5.74) is 0.552. The number of amides is 2. The first-order valence-corrected chi connectivity index (χ1v) is 11.2. The van der Waals surface area contributed by atoms with Crippen LogP contribution in [0.4, 0.5) is 0 Å². The van der Waals surface area contributed by atoms with Crippen LogP contribution in [0.3, 0.4) is 0 Å². The van der Waals surface area contributed by atoms with E-state index in [-0.39, 0.29) is 50.5 Å². The van der Waals surface area contributed by atoms with E-state index in [1.54, 1.807) is 4.90 Å². The molecular weight excluding hydrogens is 424 g/mol. The highest BCUT2D eigenvalue weighted by Crippen LogP contribution is 2.50. The van der Waals surface area contributed by atoms with Gasteiger partial charge in [-0.3, -0.25) is 14.4 Å². The molecule has 1 aliphatic carbocycles. The number of terminal acetylenes is 1. The van der Waals surface area contributed by atoms with Gasteiger partial charge in [-0.25, -0.2) is 0 Å². The topological polar surface area (TPSA) is 94.2 Å². The molecule has 4 rings (SSSR count). The van der Waals surface area contributed by atoms with E-state index < -0.39 is 11.3 Å². The number of hydrogen-bond acceptors (Lipinski definition) is 6. The third kappa shape index (κ3) is 4.40. The fraction of sp³-hybridized carbons (Fsp3) is 0.480. The van der Waals surface area contributed by atoms with E-state index in [4.69, 9.17) is 20.6 Å². The lowest BCUT2D eigenvalue weighted by atomic mass is 9.69. The van der Waals surface area contributed by atoms with Crippen LogP contribution >= 0.6 is 0 Å². The number of benzene rings is 1. The van der Waals surface area contributed by atoms with Crippen LogP contribution in [-0.4, -0.2) is 43.1 Å². The summed E-state index contributed by atoms with van der Waals surface area (Å²) in [7, 11) is 1.37. The molecule has 2 heterocycles. The Morgan fingerprint density at radius 2 is 2.12 bits per heavy atom. The van der Waals surface area contributed by atoms with E-state index >= 15 is 0 Å². The van der Waals surface area contributed by atoms with E-state index in [2.05, 4.69) is 11.2 Å². The number of carbonyl (C=O) groups excluding carboxylic acids is 3. The van der Waals surface area contributed by atoms with E-state index in [0.29, 0.717) is 23.6 Å². The van der Waals surface area contributed by atoms with Crippen LogP contribution in [0.15, 0.2) is 30.0 Å². The van der Waals surface area contributed by atoms with Crippen molar-refractivity contribution >= 4 is 17.8 Å². The Kier molecular flexibility index (Phi) is 6.59. The van der Waals surface area contributed by atoms with Gasteiger partial charge in [0.15, 0.2) is 11.5 Å². The Labute approximate surface area is 193 Å². The zero-order valence-corrected chi connectivity index (χ0v) is 18.7. The Morgan fingerprint density at radius 3 is 2.91 bits per heavy atom. The van der Waals surface area contributed by atoms with E-state index in [1.165, 1.54) is 7.11 Å². The van der Waals surface area contributed by atoms with Crippen molar-refractivity contribution in [2.24, 2.45) is 11.3 Å². The maximum absolute atomic E-state index is 13.6. The molecule has 174 valence electrons. The van der Waals surface area contributed by atoms with Crippen molar-refractivity contribution in [1.82, 2.24) is 10.2 Å². The SMILES string of the molecule is C#CCNC(=O)C[C@@H]1C[C@@]2(C(=O)OC)CCCCC=C2N(Cc2ccc3c(c2)OCO3)C1=O. The fourth-order valence-corrected chi connectivity index (χ4v) is 5.03. The van der Waals surface area contributed by atoms with Gasteiger partial charge in [0.2, 0.25) is 18.6 Å². The first kappa shape index (κ1) is 22.7. The van der Waals surface area contributed by atoms with E-state index in [1.807, 2.05) is 24.3 Å². The molecule has 0 aromatic heterocycles. The number of methoxy groups -OCH3 is 1. The molecule has 1 N–H and O–H groups in total. The van der Waals surface area contributed by atoms with Gasteiger partial charge in [-0.05, 0) is 43.4 Å². The van der Waals surface area contributed by atoms with Crippen molar-refractivity contribution in [1.29, 1.82) is 0 Å². The van der Waals surface area contributed by atoms with Crippen molar-refractivity contribution in [3.05, 3.63) is 35.5 Å². The summed E-state index contributed by atoms with van der Waals surface area (Å²) >= 11 is 0. The van der Waals surface area contributed by atoms with Gasteiger partial charge >= 0.3 is 5.97 Å². The molecule has 8 heteroatoms. The number of likely N-dealkylation sites (tertiary alicyclic amines) is 1. The molecule has 8 nitrogen and oxygen atoms in total. The molecule has 1 fully saturated rings. The second kappa shape index (κ2) is 9.57. The molecule has 1 aromatic rings. The van der Waals surface area contributed by atoms with Crippen molar-refractivity contribution < 1.29 is 28.6 Å². The highest BCUT2D eigenvalue weighted by molar-refractivity contribution is 5.92. The Bertz CT molecular complexity index is 1030.